The normalized spacial score (nSPS) is 27.9. The topological polar surface area (TPSA) is 46.3 Å². The van der Waals surface area contributed by atoms with Gasteiger partial charge in [0.15, 0.2) is 0 Å². The lowest BCUT2D eigenvalue weighted by Gasteiger charge is -2.28. The van der Waals surface area contributed by atoms with E-state index in [2.05, 4.69) is 0 Å². The van der Waals surface area contributed by atoms with Crippen molar-refractivity contribution in [2.45, 2.75) is 37.4 Å². The van der Waals surface area contributed by atoms with Crippen LogP contribution < -0.4 is 5.73 Å². The van der Waals surface area contributed by atoms with Gasteiger partial charge in [0.1, 0.15) is 0 Å². The number of nitrogens with zero attached hydrogens (tertiary/aromatic N) is 1. The maximum atomic E-state index is 12.0. The van der Waals surface area contributed by atoms with Gasteiger partial charge in [-0.1, -0.05) is 35.3 Å². The van der Waals surface area contributed by atoms with Gasteiger partial charge in [-0.25, -0.2) is 0 Å². The summed E-state index contributed by atoms with van der Waals surface area (Å²) in [5.74, 6) is 0.131. The number of benzene rings is 1. The number of amides is 1. The summed E-state index contributed by atoms with van der Waals surface area (Å²) < 4.78 is 0. The largest absolute Gasteiger partial charge is 0.331 e. The summed E-state index contributed by atoms with van der Waals surface area (Å²) in [5.41, 5.74) is 6.98. The molecule has 18 heavy (non-hydrogen) atoms. The van der Waals surface area contributed by atoms with Gasteiger partial charge in [-0.05, 0) is 24.5 Å². The van der Waals surface area contributed by atoms with E-state index in [9.17, 15) is 4.79 Å². The van der Waals surface area contributed by atoms with E-state index in [-0.39, 0.29) is 18.0 Å². The molecule has 0 spiro atoms. The standard InChI is InChI=1S/C13H14Cl2N2O/c14-9-3-1-2-8(12(9)15)13-10(16)6-11(18)17(13)7-4-5-7/h1-3,7,10,13H,4-6,16H2. The van der Waals surface area contributed by atoms with Crippen LogP contribution in [-0.4, -0.2) is 22.9 Å². The van der Waals surface area contributed by atoms with Crippen LogP contribution in [0.5, 0.6) is 0 Å². The molecule has 1 saturated carbocycles. The molecule has 5 heteroatoms. The first-order valence-corrected chi connectivity index (χ1v) is 6.86. The van der Waals surface area contributed by atoms with E-state index in [1.165, 1.54) is 0 Å². The fourth-order valence-corrected chi connectivity index (χ4v) is 3.11. The van der Waals surface area contributed by atoms with Gasteiger partial charge in [0, 0.05) is 18.5 Å². The van der Waals surface area contributed by atoms with Gasteiger partial charge in [-0.3, -0.25) is 4.79 Å². The van der Waals surface area contributed by atoms with Crippen LogP contribution in [0.4, 0.5) is 0 Å². The lowest BCUT2D eigenvalue weighted by Crippen LogP contribution is -2.34. The van der Waals surface area contributed by atoms with Crippen molar-refractivity contribution in [1.29, 1.82) is 0 Å². The van der Waals surface area contributed by atoms with Crippen molar-refractivity contribution >= 4 is 29.1 Å². The fraction of sp³-hybridized carbons (Fsp3) is 0.462. The third-order valence-corrected chi connectivity index (χ3v) is 4.48. The number of likely N-dealkylation sites (tertiary alicyclic amines) is 1. The lowest BCUT2D eigenvalue weighted by molar-refractivity contribution is -0.129. The third-order valence-electron chi connectivity index (χ3n) is 3.64. The molecule has 1 aliphatic heterocycles. The number of hydrogen-bond donors (Lipinski definition) is 1. The van der Waals surface area contributed by atoms with E-state index in [4.69, 9.17) is 28.9 Å². The molecular weight excluding hydrogens is 271 g/mol. The van der Waals surface area contributed by atoms with Crippen molar-refractivity contribution in [3.63, 3.8) is 0 Å². The minimum Gasteiger partial charge on any atom is -0.331 e. The molecule has 2 fully saturated rings. The second kappa shape index (κ2) is 4.41. The predicted molar refractivity (Wildman–Crippen MR) is 71.7 cm³/mol. The molecule has 1 aromatic rings. The van der Waals surface area contributed by atoms with Gasteiger partial charge in [-0.15, -0.1) is 0 Å². The Hall–Kier alpha value is -0.770. The molecular formula is C13H14Cl2N2O. The molecule has 1 aromatic carbocycles. The van der Waals surface area contributed by atoms with E-state index in [1.54, 1.807) is 6.07 Å². The van der Waals surface area contributed by atoms with Crippen molar-refractivity contribution in [2.75, 3.05) is 0 Å². The van der Waals surface area contributed by atoms with Gasteiger partial charge in [0.05, 0.1) is 16.1 Å². The average Bonchev–Trinajstić information content (AvgIpc) is 3.09. The summed E-state index contributed by atoms with van der Waals surface area (Å²) in [5, 5.41) is 1.02. The molecule has 1 amide bonds. The fourth-order valence-electron chi connectivity index (χ4n) is 2.69. The molecule has 1 saturated heterocycles. The zero-order valence-electron chi connectivity index (χ0n) is 9.77. The molecule has 2 N–H and O–H groups in total. The van der Waals surface area contributed by atoms with Crippen LogP contribution in [0.2, 0.25) is 10.0 Å². The Kier molecular flexibility index (Phi) is 3.00. The number of rotatable bonds is 2. The zero-order chi connectivity index (χ0) is 12.9. The number of carbonyl (C=O) groups is 1. The highest BCUT2D eigenvalue weighted by Gasteiger charge is 2.46. The second-order valence-electron chi connectivity index (χ2n) is 4.99. The molecule has 0 radical (unpaired) electrons. The summed E-state index contributed by atoms with van der Waals surface area (Å²) in [7, 11) is 0. The minimum absolute atomic E-state index is 0.129. The highest BCUT2D eigenvalue weighted by molar-refractivity contribution is 6.42. The van der Waals surface area contributed by atoms with Crippen LogP contribution in [0, 0.1) is 0 Å². The van der Waals surface area contributed by atoms with Crippen molar-refractivity contribution < 1.29 is 4.79 Å². The summed E-state index contributed by atoms with van der Waals surface area (Å²) >= 11 is 12.3. The molecule has 0 aromatic heterocycles. The van der Waals surface area contributed by atoms with Crippen molar-refractivity contribution in [3.05, 3.63) is 33.8 Å². The Bertz CT molecular complexity index is 502. The Morgan fingerprint density at radius 3 is 2.67 bits per heavy atom. The summed E-state index contributed by atoms with van der Waals surface area (Å²) in [6.07, 6.45) is 2.52. The maximum absolute atomic E-state index is 12.0. The first kappa shape index (κ1) is 12.3. The van der Waals surface area contributed by atoms with Crippen LogP contribution in [0.3, 0.4) is 0 Å². The first-order chi connectivity index (χ1) is 8.59. The quantitative estimate of drug-likeness (QED) is 0.908. The summed E-state index contributed by atoms with van der Waals surface area (Å²) in [6, 6.07) is 5.52. The summed E-state index contributed by atoms with van der Waals surface area (Å²) in [4.78, 5) is 13.9. The molecule has 2 unspecified atom stereocenters. The van der Waals surface area contributed by atoms with Gasteiger partial charge < -0.3 is 10.6 Å². The van der Waals surface area contributed by atoms with Crippen LogP contribution in [0.1, 0.15) is 30.9 Å². The van der Waals surface area contributed by atoms with Crippen molar-refractivity contribution in [2.24, 2.45) is 5.73 Å². The third kappa shape index (κ3) is 1.91. The van der Waals surface area contributed by atoms with Crippen LogP contribution in [0.15, 0.2) is 18.2 Å². The highest BCUT2D eigenvalue weighted by Crippen LogP contribution is 2.44. The lowest BCUT2D eigenvalue weighted by atomic mass is 10.0. The number of halogens is 2. The molecule has 3 nitrogen and oxygen atoms in total. The molecule has 96 valence electrons. The van der Waals surface area contributed by atoms with E-state index in [0.29, 0.717) is 22.5 Å². The van der Waals surface area contributed by atoms with E-state index >= 15 is 0 Å². The molecule has 3 rings (SSSR count). The van der Waals surface area contributed by atoms with Gasteiger partial charge in [-0.2, -0.15) is 0 Å². The number of nitrogens with two attached hydrogens (primary N) is 1. The first-order valence-electron chi connectivity index (χ1n) is 6.10. The van der Waals surface area contributed by atoms with Gasteiger partial charge in [0.25, 0.3) is 0 Å². The van der Waals surface area contributed by atoms with E-state index < -0.39 is 0 Å². The number of carbonyl (C=O) groups excluding carboxylic acids is 1. The molecule has 2 atom stereocenters. The SMILES string of the molecule is NC1CC(=O)N(C2CC2)C1c1cccc(Cl)c1Cl. The number of hydrogen-bond acceptors (Lipinski definition) is 2. The van der Waals surface area contributed by atoms with E-state index in [1.807, 2.05) is 17.0 Å². The Morgan fingerprint density at radius 1 is 1.28 bits per heavy atom. The predicted octanol–water partition coefficient (Wildman–Crippen LogP) is 2.76. The Labute approximate surface area is 116 Å². The second-order valence-corrected chi connectivity index (χ2v) is 5.77. The van der Waals surface area contributed by atoms with Crippen molar-refractivity contribution in [1.82, 2.24) is 4.90 Å². The minimum atomic E-state index is -0.200. The Balaban J connectivity index is 2.02. The monoisotopic (exact) mass is 284 g/mol. The molecule has 2 aliphatic rings. The molecule has 0 bridgehead atoms. The molecule has 1 aliphatic carbocycles. The van der Waals surface area contributed by atoms with Gasteiger partial charge in [0.2, 0.25) is 5.91 Å². The average molecular weight is 285 g/mol. The Morgan fingerprint density at radius 2 is 2.00 bits per heavy atom. The molecule has 1 heterocycles. The maximum Gasteiger partial charge on any atom is 0.225 e. The van der Waals surface area contributed by atoms with E-state index in [0.717, 1.165) is 18.4 Å². The van der Waals surface area contributed by atoms with Crippen LogP contribution >= 0.6 is 23.2 Å². The van der Waals surface area contributed by atoms with Gasteiger partial charge >= 0.3 is 0 Å². The van der Waals surface area contributed by atoms with Crippen molar-refractivity contribution in [3.8, 4) is 0 Å². The zero-order valence-corrected chi connectivity index (χ0v) is 11.3. The van der Waals surface area contributed by atoms with Crippen LogP contribution in [0.25, 0.3) is 0 Å². The van der Waals surface area contributed by atoms with Crippen LogP contribution in [-0.2, 0) is 4.79 Å². The summed E-state index contributed by atoms with van der Waals surface area (Å²) in [6.45, 7) is 0. The highest BCUT2D eigenvalue weighted by atomic mass is 35.5. The smallest absolute Gasteiger partial charge is 0.225 e.